The molecular weight excluding hydrogens is 359 g/mol. The Bertz CT molecular complexity index is 947. The van der Waals surface area contributed by atoms with E-state index in [0.29, 0.717) is 47.5 Å². The van der Waals surface area contributed by atoms with Crippen LogP contribution < -0.4 is 0 Å². The number of hydrogen-bond acceptors (Lipinski definition) is 5. The molecule has 26 heavy (non-hydrogen) atoms. The second kappa shape index (κ2) is 6.84. The van der Waals surface area contributed by atoms with Crippen molar-refractivity contribution in [1.82, 2.24) is 20.0 Å². The smallest absolute Gasteiger partial charge is 0.276 e. The maximum atomic E-state index is 13.2. The molecule has 1 fully saturated rings. The molecule has 0 aliphatic carbocycles. The molecule has 1 atom stereocenters. The van der Waals surface area contributed by atoms with Crippen LogP contribution in [0, 0.1) is 5.82 Å². The van der Waals surface area contributed by atoms with Crippen LogP contribution in [0.2, 0.25) is 5.02 Å². The zero-order valence-corrected chi connectivity index (χ0v) is 14.4. The van der Waals surface area contributed by atoms with E-state index in [1.165, 1.54) is 12.1 Å². The lowest BCUT2D eigenvalue weighted by Crippen LogP contribution is -2.24. The van der Waals surface area contributed by atoms with Crippen molar-refractivity contribution in [3.8, 4) is 11.6 Å². The van der Waals surface area contributed by atoms with Crippen molar-refractivity contribution in [1.29, 1.82) is 0 Å². The number of amides is 1. The number of rotatable bonds is 4. The summed E-state index contributed by atoms with van der Waals surface area (Å²) >= 11 is 6.06. The molecule has 3 aromatic rings. The van der Waals surface area contributed by atoms with Crippen LogP contribution in [-0.2, 0) is 11.3 Å². The Morgan fingerprint density at radius 3 is 2.96 bits per heavy atom. The summed E-state index contributed by atoms with van der Waals surface area (Å²) in [6, 6.07) is 9.57. The zero-order chi connectivity index (χ0) is 18.1. The van der Waals surface area contributed by atoms with Crippen LogP contribution in [0.15, 0.2) is 47.1 Å². The summed E-state index contributed by atoms with van der Waals surface area (Å²) in [6.45, 7) is 0.771. The standard InChI is InChI=1S/C18H14ClFN4O2/c19-14-8-13(20)5-4-11(14)9-24-10-12(7-16(24)25)17-22-18(26-23-17)15-3-1-2-6-21-15/h1-6,8,12H,7,9-10H2. The summed E-state index contributed by atoms with van der Waals surface area (Å²) in [5.41, 5.74) is 1.29. The minimum absolute atomic E-state index is 0.0282. The van der Waals surface area contributed by atoms with Gasteiger partial charge >= 0.3 is 0 Å². The Kier molecular flexibility index (Phi) is 4.38. The third-order valence-corrected chi connectivity index (χ3v) is 4.63. The monoisotopic (exact) mass is 372 g/mol. The summed E-state index contributed by atoms with van der Waals surface area (Å²) in [5, 5.41) is 4.30. The normalized spacial score (nSPS) is 17.1. The van der Waals surface area contributed by atoms with Crippen molar-refractivity contribution in [3.05, 3.63) is 64.8 Å². The van der Waals surface area contributed by atoms with Crippen molar-refractivity contribution < 1.29 is 13.7 Å². The van der Waals surface area contributed by atoms with Crippen molar-refractivity contribution in [2.24, 2.45) is 0 Å². The van der Waals surface area contributed by atoms with Gasteiger partial charge in [0.25, 0.3) is 5.89 Å². The molecule has 0 N–H and O–H groups in total. The average Bonchev–Trinajstić information content (AvgIpc) is 3.25. The summed E-state index contributed by atoms with van der Waals surface area (Å²) in [6.07, 6.45) is 1.94. The molecule has 0 saturated carbocycles. The summed E-state index contributed by atoms with van der Waals surface area (Å²) in [7, 11) is 0. The minimum atomic E-state index is -0.404. The van der Waals surface area contributed by atoms with Gasteiger partial charge in [0.1, 0.15) is 11.5 Å². The Labute approximate surface area is 153 Å². The Morgan fingerprint density at radius 1 is 1.31 bits per heavy atom. The highest BCUT2D eigenvalue weighted by molar-refractivity contribution is 6.31. The second-order valence-corrected chi connectivity index (χ2v) is 6.49. The Hall–Kier alpha value is -2.80. The molecule has 1 aliphatic heterocycles. The van der Waals surface area contributed by atoms with Gasteiger partial charge in [-0.15, -0.1) is 0 Å². The van der Waals surface area contributed by atoms with E-state index < -0.39 is 5.82 Å². The Balaban J connectivity index is 1.49. The van der Waals surface area contributed by atoms with E-state index in [1.54, 1.807) is 29.3 Å². The SMILES string of the molecule is O=C1CC(c2noc(-c3ccccn3)n2)CN1Cc1ccc(F)cc1Cl. The number of aromatic nitrogens is 3. The summed E-state index contributed by atoms with van der Waals surface area (Å²) in [5.74, 6) is 0.209. The van der Waals surface area contributed by atoms with Crippen LogP contribution in [0.1, 0.15) is 23.7 Å². The van der Waals surface area contributed by atoms with E-state index >= 15 is 0 Å². The molecule has 1 aromatic carbocycles. The van der Waals surface area contributed by atoms with Gasteiger partial charge in [-0.2, -0.15) is 4.98 Å². The van der Waals surface area contributed by atoms with E-state index in [9.17, 15) is 9.18 Å². The van der Waals surface area contributed by atoms with Gasteiger partial charge in [0.2, 0.25) is 5.91 Å². The molecule has 0 bridgehead atoms. The number of likely N-dealkylation sites (tertiary alicyclic amines) is 1. The maximum absolute atomic E-state index is 13.2. The van der Waals surface area contributed by atoms with Crippen molar-refractivity contribution in [2.45, 2.75) is 18.9 Å². The first-order chi connectivity index (χ1) is 12.6. The number of carbonyl (C=O) groups is 1. The van der Waals surface area contributed by atoms with Crippen molar-refractivity contribution in [2.75, 3.05) is 6.54 Å². The van der Waals surface area contributed by atoms with Gasteiger partial charge in [-0.1, -0.05) is 28.9 Å². The third kappa shape index (κ3) is 3.30. The van der Waals surface area contributed by atoms with E-state index in [4.69, 9.17) is 16.1 Å². The minimum Gasteiger partial charge on any atom is -0.338 e. The molecule has 132 valence electrons. The number of pyridine rings is 1. The number of nitrogens with zero attached hydrogens (tertiary/aromatic N) is 4. The lowest BCUT2D eigenvalue weighted by Gasteiger charge is -2.17. The van der Waals surface area contributed by atoms with E-state index in [-0.39, 0.29) is 11.8 Å². The topological polar surface area (TPSA) is 72.1 Å². The molecule has 2 aromatic heterocycles. The van der Waals surface area contributed by atoms with Crippen LogP contribution in [0.5, 0.6) is 0 Å². The Morgan fingerprint density at radius 2 is 2.19 bits per heavy atom. The lowest BCUT2D eigenvalue weighted by molar-refractivity contribution is -0.128. The van der Waals surface area contributed by atoms with Gasteiger partial charge in [-0.25, -0.2) is 4.39 Å². The molecule has 1 amide bonds. The molecule has 1 aliphatic rings. The maximum Gasteiger partial charge on any atom is 0.276 e. The molecular formula is C18H14ClFN4O2. The van der Waals surface area contributed by atoms with Gasteiger partial charge in [-0.05, 0) is 29.8 Å². The highest BCUT2D eigenvalue weighted by Gasteiger charge is 2.34. The van der Waals surface area contributed by atoms with E-state index in [0.717, 1.165) is 0 Å². The largest absolute Gasteiger partial charge is 0.338 e. The predicted octanol–water partition coefficient (Wildman–Crippen LogP) is 3.44. The summed E-state index contributed by atoms with van der Waals surface area (Å²) < 4.78 is 18.4. The predicted molar refractivity (Wildman–Crippen MR) is 91.7 cm³/mol. The zero-order valence-electron chi connectivity index (χ0n) is 13.6. The molecule has 4 rings (SSSR count). The van der Waals surface area contributed by atoms with Gasteiger partial charge in [0, 0.05) is 36.6 Å². The molecule has 1 saturated heterocycles. The van der Waals surface area contributed by atoms with Crippen LogP contribution >= 0.6 is 11.6 Å². The fourth-order valence-corrected chi connectivity index (χ4v) is 3.17. The van der Waals surface area contributed by atoms with Crippen molar-refractivity contribution in [3.63, 3.8) is 0 Å². The quantitative estimate of drug-likeness (QED) is 0.701. The highest BCUT2D eigenvalue weighted by Crippen LogP contribution is 2.30. The van der Waals surface area contributed by atoms with Crippen LogP contribution in [0.4, 0.5) is 4.39 Å². The third-order valence-electron chi connectivity index (χ3n) is 4.28. The first-order valence-electron chi connectivity index (χ1n) is 8.07. The van der Waals surface area contributed by atoms with Crippen molar-refractivity contribution >= 4 is 17.5 Å². The van der Waals surface area contributed by atoms with Gasteiger partial charge in [0.05, 0.1) is 0 Å². The molecule has 0 spiro atoms. The van der Waals surface area contributed by atoms with E-state index in [1.807, 2.05) is 6.07 Å². The van der Waals surface area contributed by atoms with E-state index in [2.05, 4.69) is 15.1 Å². The average molecular weight is 373 g/mol. The molecule has 8 heteroatoms. The molecule has 0 radical (unpaired) electrons. The molecule has 1 unspecified atom stereocenters. The number of carbonyl (C=O) groups excluding carboxylic acids is 1. The van der Waals surface area contributed by atoms with Gasteiger partial charge in [0.15, 0.2) is 5.82 Å². The fraction of sp³-hybridized carbons (Fsp3) is 0.222. The highest BCUT2D eigenvalue weighted by atomic mass is 35.5. The first kappa shape index (κ1) is 16.7. The van der Waals surface area contributed by atoms with Crippen LogP contribution in [0.25, 0.3) is 11.6 Å². The number of halogens is 2. The lowest BCUT2D eigenvalue weighted by atomic mass is 10.1. The summed E-state index contributed by atoms with van der Waals surface area (Å²) in [4.78, 5) is 22.5. The first-order valence-corrected chi connectivity index (χ1v) is 8.44. The van der Waals surface area contributed by atoms with Gasteiger partial charge in [-0.3, -0.25) is 9.78 Å². The molecule has 6 nitrogen and oxygen atoms in total. The molecule has 3 heterocycles. The van der Waals surface area contributed by atoms with Crippen LogP contribution in [0.3, 0.4) is 0 Å². The number of hydrogen-bond donors (Lipinski definition) is 0. The number of benzene rings is 1. The van der Waals surface area contributed by atoms with Gasteiger partial charge < -0.3 is 9.42 Å². The second-order valence-electron chi connectivity index (χ2n) is 6.08. The van der Waals surface area contributed by atoms with Crippen LogP contribution in [-0.4, -0.2) is 32.5 Å². The fourth-order valence-electron chi connectivity index (χ4n) is 2.95.